The predicted octanol–water partition coefficient (Wildman–Crippen LogP) is 1.35. The number of nitrogens with one attached hydrogen (secondary N) is 1. The molecular weight excluding hydrogens is 180 g/mol. The van der Waals surface area contributed by atoms with E-state index in [0.29, 0.717) is 13.0 Å². The Morgan fingerprint density at radius 3 is 2.71 bits per heavy atom. The monoisotopic (exact) mass is 202 g/mol. The van der Waals surface area contributed by atoms with Crippen LogP contribution >= 0.6 is 0 Å². The van der Waals surface area contributed by atoms with Crippen molar-refractivity contribution in [2.45, 2.75) is 45.4 Å². The normalized spacial score (nSPS) is 10.1. The summed E-state index contributed by atoms with van der Waals surface area (Å²) in [4.78, 5) is 15.6. The zero-order valence-electron chi connectivity index (χ0n) is 9.05. The smallest absolute Gasteiger partial charge is 0.219 e. The van der Waals surface area contributed by atoms with Crippen molar-refractivity contribution in [3.05, 3.63) is 0 Å². The average molecular weight is 202 g/mol. The van der Waals surface area contributed by atoms with Crippen molar-refractivity contribution in [1.82, 2.24) is 5.32 Å². The van der Waals surface area contributed by atoms with Crippen molar-refractivity contribution in [3.8, 4) is 0 Å². The topological polar surface area (TPSA) is 64.3 Å². The van der Waals surface area contributed by atoms with Crippen LogP contribution in [-0.2, 0) is 9.63 Å². The molecule has 84 valence electrons. The molecule has 4 nitrogen and oxygen atoms in total. The molecule has 0 aromatic rings. The fraction of sp³-hybridized carbons (Fsp3) is 0.900. The molecule has 0 aromatic heterocycles. The van der Waals surface area contributed by atoms with E-state index in [0.717, 1.165) is 38.6 Å². The Bertz CT molecular complexity index is 140. The largest absolute Gasteiger partial charge is 0.356 e. The van der Waals surface area contributed by atoms with Crippen LogP contribution in [-0.4, -0.2) is 19.1 Å². The lowest BCUT2D eigenvalue weighted by molar-refractivity contribution is -0.121. The minimum atomic E-state index is 0.159. The molecule has 0 aliphatic rings. The quantitative estimate of drug-likeness (QED) is 0.438. The van der Waals surface area contributed by atoms with E-state index in [2.05, 4.69) is 17.1 Å². The molecule has 0 radical (unpaired) electrons. The van der Waals surface area contributed by atoms with Crippen LogP contribution in [0.1, 0.15) is 45.4 Å². The van der Waals surface area contributed by atoms with Crippen LogP contribution in [0.15, 0.2) is 0 Å². The summed E-state index contributed by atoms with van der Waals surface area (Å²) in [5, 5.41) is 2.88. The minimum Gasteiger partial charge on any atom is -0.356 e. The summed E-state index contributed by atoms with van der Waals surface area (Å²) >= 11 is 0. The number of carbonyl (C=O) groups is 1. The Kier molecular flexibility index (Phi) is 10.0. The fourth-order valence-electron chi connectivity index (χ4n) is 1.14. The standard InChI is InChI=1S/C10H22N2O2/c1-2-3-8-12-10(13)7-5-4-6-9-14-11/h2-9,11H2,1H3,(H,12,13). The van der Waals surface area contributed by atoms with Gasteiger partial charge in [-0.25, -0.2) is 5.90 Å². The molecule has 0 aliphatic heterocycles. The summed E-state index contributed by atoms with van der Waals surface area (Å²) in [5.41, 5.74) is 0. The Hall–Kier alpha value is -0.610. The molecule has 0 saturated carbocycles. The van der Waals surface area contributed by atoms with Gasteiger partial charge in [0.25, 0.3) is 0 Å². The highest BCUT2D eigenvalue weighted by atomic mass is 16.6. The number of carbonyl (C=O) groups excluding carboxylic acids is 1. The maximum Gasteiger partial charge on any atom is 0.219 e. The first-order valence-electron chi connectivity index (χ1n) is 5.39. The van der Waals surface area contributed by atoms with Gasteiger partial charge >= 0.3 is 0 Å². The van der Waals surface area contributed by atoms with E-state index in [1.54, 1.807) is 0 Å². The second kappa shape index (κ2) is 10.5. The lowest BCUT2D eigenvalue weighted by atomic mass is 10.2. The Balaban J connectivity index is 3.10. The lowest BCUT2D eigenvalue weighted by Crippen LogP contribution is -2.23. The van der Waals surface area contributed by atoms with Gasteiger partial charge in [-0.2, -0.15) is 0 Å². The van der Waals surface area contributed by atoms with Gasteiger partial charge in [0, 0.05) is 13.0 Å². The summed E-state index contributed by atoms with van der Waals surface area (Å²) in [7, 11) is 0. The SMILES string of the molecule is CCCCNC(=O)CCCCCON. The van der Waals surface area contributed by atoms with Crippen LogP contribution in [0.4, 0.5) is 0 Å². The van der Waals surface area contributed by atoms with Gasteiger partial charge in [0.05, 0.1) is 6.61 Å². The Labute approximate surface area is 86.1 Å². The first-order valence-corrected chi connectivity index (χ1v) is 5.39. The molecule has 0 heterocycles. The van der Waals surface area contributed by atoms with Crippen molar-refractivity contribution in [1.29, 1.82) is 0 Å². The number of hydrogen-bond acceptors (Lipinski definition) is 3. The zero-order chi connectivity index (χ0) is 10.6. The van der Waals surface area contributed by atoms with E-state index in [1.807, 2.05) is 0 Å². The Morgan fingerprint density at radius 2 is 2.07 bits per heavy atom. The number of amides is 1. The number of rotatable bonds is 9. The summed E-state index contributed by atoms with van der Waals surface area (Å²) in [6, 6.07) is 0. The number of hydrogen-bond donors (Lipinski definition) is 2. The van der Waals surface area contributed by atoms with E-state index < -0.39 is 0 Å². The van der Waals surface area contributed by atoms with Crippen LogP contribution in [0.5, 0.6) is 0 Å². The van der Waals surface area contributed by atoms with Gasteiger partial charge < -0.3 is 10.2 Å². The van der Waals surface area contributed by atoms with Crippen molar-refractivity contribution in [2.75, 3.05) is 13.2 Å². The first-order chi connectivity index (χ1) is 6.81. The van der Waals surface area contributed by atoms with Gasteiger partial charge in [-0.3, -0.25) is 4.79 Å². The highest BCUT2D eigenvalue weighted by molar-refractivity contribution is 5.75. The van der Waals surface area contributed by atoms with Gasteiger partial charge in [0.1, 0.15) is 0 Å². The zero-order valence-corrected chi connectivity index (χ0v) is 9.05. The van der Waals surface area contributed by atoms with E-state index in [9.17, 15) is 4.79 Å². The molecule has 0 spiro atoms. The second-order valence-corrected chi connectivity index (χ2v) is 3.38. The minimum absolute atomic E-state index is 0.159. The highest BCUT2D eigenvalue weighted by Gasteiger charge is 1.99. The fourth-order valence-corrected chi connectivity index (χ4v) is 1.14. The molecule has 0 unspecified atom stereocenters. The van der Waals surface area contributed by atoms with Gasteiger partial charge in [-0.1, -0.05) is 19.8 Å². The Morgan fingerprint density at radius 1 is 1.29 bits per heavy atom. The molecule has 0 aliphatic carbocycles. The maximum atomic E-state index is 11.2. The van der Waals surface area contributed by atoms with Gasteiger partial charge in [-0.15, -0.1) is 0 Å². The molecule has 0 bridgehead atoms. The molecule has 0 saturated heterocycles. The number of nitrogens with two attached hydrogens (primary N) is 1. The molecule has 0 aromatic carbocycles. The van der Waals surface area contributed by atoms with Crippen molar-refractivity contribution in [3.63, 3.8) is 0 Å². The number of unbranched alkanes of at least 4 members (excludes halogenated alkanes) is 3. The highest BCUT2D eigenvalue weighted by Crippen LogP contribution is 1.99. The van der Waals surface area contributed by atoms with Gasteiger partial charge in [0.15, 0.2) is 0 Å². The molecule has 0 atom stereocenters. The van der Waals surface area contributed by atoms with E-state index in [-0.39, 0.29) is 5.91 Å². The molecule has 14 heavy (non-hydrogen) atoms. The van der Waals surface area contributed by atoms with Crippen molar-refractivity contribution < 1.29 is 9.63 Å². The van der Waals surface area contributed by atoms with E-state index in [1.165, 1.54) is 0 Å². The summed E-state index contributed by atoms with van der Waals surface area (Å²) in [5.74, 6) is 5.03. The molecule has 0 fully saturated rings. The molecule has 4 heteroatoms. The second-order valence-electron chi connectivity index (χ2n) is 3.38. The van der Waals surface area contributed by atoms with Crippen LogP contribution in [0, 0.1) is 0 Å². The van der Waals surface area contributed by atoms with Crippen molar-refractivity contribution >= 4 is 5.91 Å². The van der Waals surface area contributed by atoms with Crippen LogP contribution < -0.4 is 11.2 Å². The van der Waals surface area contributed by atoms with Gasteiger partial charge in [-0.05, 0) is 19.3 Å². The van der Waals surface area contributed by atoms with E-state index >= 15 is 0 Å². The third-order valence-electron chi connectivity index (χ3n) is 2.02. The molecular formula is C10H22N2O2. The van der Waals surface area contributed by atoms with Crippen LogP contribution in [0.3, 0.4) is 0 Å². The van der Waals surface area contributed by atoms with Crippen molar-refractivity contribution in [2.24, 2.45) is 5.90 Å². The predicted molar refractivity (Wildman–Crippen MR) is 56.5 cm³/mol. The van der Waals surface area contributed by atoms with Crippen LogP contribution in [0.25, 0.3) is 0 Å². The van der Waals surface area contributed by atoms with Crippen LogP contribution in [0.2, 0.25) is 0 Å². The van der Waals surface area contributed by atoms with Gasteiger partial charge in [0.2, 0.25) is 5.91 Å². The third-order valence-corrected chi connectivity index (χ3v) is 2.02. The summed E-state index contributed by atoms with van der Waals surface area (Å²) in [6.07, 6.45) is 5.65. The maximum absolute atomic E-state index is 11.2. The molecule has 0 rings (SSSR count). The first kappa shape index (κ1) is 13.4. The lowest BCUT2D eigenvalue weighted by Gasteiger charge is -2.03. The molecule has 1 amide bonds. The summed E-state index contributed by atoms with van der Waals surface area (Å²) in [6.45, 7) is 3.50. The molecule has 3 N–H and O–H groups in total. The van der Waals surface area contributed by atoms with E-state index in [4.69, 9.17) is 5.90 Å². The third kappa shape index (κ3) is 9.48. The average Bonchev–Trinajstić information content (AvgIpc) is 2.18. The summed E-state index contributed by atoms with van der Waals surface area (Å²) < 4.78 is 0.